The topological polar surface area (TPSA) is 51.4 Å². The van der Waals surface area contributed by atoms with Gasteiger partial charge in [-0.2, -0.15) is 0 Å². The number of carbonyl (C=O) groups excluding carboxylic acids is 2. The second kappa shape index (κ2) is 5.71. The number of imidazole rings is 1. The highest BCUT2D eigenvalue weighted by Gasteiger charge is 2.31. The molecule has 2 aromatic heterocycles. The molecule has 3 rings (SSSR count). The maximum atomic E-state index is 13.0. The first-order valence-electron chi connectivity index (χ1n) is 7.93. The summed E-state index contributed by atoms with van der Waals surface area (Å²) in [5.74, 6) is -1.03. The molecule has 0 fully saturated rings. The molecule has 0 saturated heterocycles. The number of hydrogen-bond acceptors (Lipinski definition) is 3. The maximum absolute atomic E-state index is 13.0. The largest absolute Gasteiger partial charge is 0.296 e. The van der Waals surface area contributed by atoms with Crippen molar-refractivity contribution in [3.63, 3.8) is 0 Å². The molecule has 0 saturated carbocycles. The molecule has 2 heterocycles. The molecule has 0 aliphatic heterocycles. The van der Waals surface area contributed by atoms with Crippen LogP contribution >= 0.6 is 0 Å². The lowest BCUT2D eigenvalue weighted by molar-refractivity contribution is 0.0812. The van der Waals surface area contributed by atoms with E-state index in [9.17, 15) is 9.59 Å². The van der Waals surface area contributed by atoms with Gasteiger partial charge in [0.15, 0.2) is 0 Å². The molecule has 0 aliphatic carbocycles. The van der Waals surface area contributed by atoms with Crippen LogP contribution in [0.5, 0.6) is 0 Å². The molecule has 0 spiro atoms. The summed E-state index contributed by atoms with van der Waals surface area (Å²) in [5, 5.41) is 0. The third kappa shape index (κ3) is 2.64. The van der Waals surface area contributed by atoms with Crippen LogP contribution in [0.2, 0.25) is 0 Å². The highest BCUT2D eigenvalue weighted by Crippen LogP contribution is 2.28. The van der Waals surface area contributed by atoms with Crippen molar-refractivity contribution < 1.29 is 9.59 Å². The van der Waals surface area contributed by atoms with Gasteiger partial charge < -0.3 is 0 Å². The molecule has 4 heteroatoms. The van der Waals surface area contributed by atoms with Crippen molar-refractivity contribution in [2.24, 2.45) is 0 Å². The summed E-state index contributed by atoms with van der Waals surface area (Å²) in [6, 6.07) is 12.5. The van der Waals surface area contributed by atoms with Crippen molar-refractivity contribution in [2.45, 2.75) is 33.1 Å². The summed E-state index contributed by atoms with van der Waals surface area (Å²) in [6.07, 6.45) is 1.79. The third-order valence-corrected chi connectivity index (χ3v) is 4.01. The van der Waals surface area contributed by atoms with E-state index in [0.29, 0.717) is 22.6 Å². The zero-order chi connectivity index (χ0) is 17.5. The van der Waals surface area contributed by atoms with E-state index in [2.05, 4.69) is 4.98 Å². The average Bonchev–Trinajstić information content (AvgIpc) is 2.95. The molecule has 1 aromatic carbocycles. The van der Waals surface area contributed by atoms with Crippen LogP contribution in [0.25, 0.3) is 5.65 Å². The highest BCUT2D eigenvalue weighted by molar-refractivity contribution is 6.49. The first-order valence-corrected chi connectivity index (χ1v) is 7.93. The zero-order valence-electron chi connectivity index (χ0n) is 14.3. The molecule has 0 amide bonds. The number of aryl methyl sites for hydroxylation is 1. The number of pyridine rings is 1. The summed E-state index contributed by atoms with van der Waals surface area (Å²) in [6.45, 7) is 7.93. The molecular formula is C20H20N2O2. The van der Waals surface area contributed by atoms with E-state index in [4.69, 9.17) is 0 Å². The van der Waals surface area contributed by atoms with E-state index in [1.165, 1.54) is 0 Å². The molecule has 3 aromatic rings. The third-order valence-electron chi connectivity index (χ3n) is 4.01. The van der Waals surface area contributed by atoms with Gasteiger partial charge in [0.2, 0.25) is 5.78 Å². The molecule has 122 valence electrons. The van der Waals surface area contributed by atoms with Crippen molar-refractivity contribution in [3.8, 4) is 0 Å². The van der Waals surface area contributed by atoms with Crippen molar-refractivity contribution in [1.82, 2.24) is 9.38 Å². The van der Waals surface area contributed by atoms with Gasteiger partial charge in [0.1, 0.15) is 11.3 Å². The molecule has 0 N–H and O–H groups in total. The molecule has 0 radical (unpaired) electrons. The zero-order valence-corrected chi connectivity index (χ0v) is 14.3. The minimum Gasteiger partial charge on any atom is -0.296 e. The lowest BCUT2D eigenvalue weighted by atomic mass is 9.88. The van der Waals surface area contributed by atoms with Crippen LogP contribution in [0.15, 0.2) is 48.7 Å². The van der Waals surface area contributed by atoms with Gasteiger partial charge in [-0.25, -0.2) is 4.98 Å². The Kier molecular flexibility index (Phi) is 3.84. The monoisotopic (exact) mass is 320 g/mol. The second-order valence-corrected chi connectivity index (χ2v) is 6.97. The van der Waals surface area contributed by atoms with Crippen LogP contribution in [0.4, 0.5) is 0 Å². The molecule has 0 atom stereocenters. The van der Waals surface area contributed by atoms with Crippen LogP contribution in [0.1, 0.15) is 52.9 Å². The molecule has 24 heavy (non-hydrogen) atoms. The minimum absolute atomic E-state index is 0.347. The van der Waals surface area contributed by atoms with Crippen LogP contribution in [0, 0.1) is 6.92 Å². The second-order valence-electron chi connectivity index (χ2n) is 6.97. The Bertz CT molecular complexity index is 931. The van der Waals surface area contributed by atoms with Gasteiger partial charge in [0.05, 0.1) is 5.69 Å². The Hall–Kier alpha value is -2.75. The molecule has 4 nitrogen and oxygen atoms in total. The van der Waals surface area contributed by atoms with Crippen molar-refractivity contribution >= 4 is 17.2 Å². The van der Waals surface area contributed by atoms with E-state index in [0.717, 1.165) is 5.56 Å². The first-order chi connectivity index (χ1) is 11.3. The number of hydrogen-bond donors (Lipinski definition) is 0. The van der Waals surface area contributed by atoms with Gasteiger partial charge in [0.25, 0.3) is 5.78 Å². The van der Waals surface area contributed by atoms with Gasteiger partial charge in [0, 0.05) is 17.2 Å². The lowest BCUT2D eigenvalue weighted by Crippen LogP contribution is -2.23. The normalized spacial score (nSPS) is 11.7. The Morgan fingerprint density at radius 1 is 0.958 bits per heavy atom. The van der Waals surface area contributed by atoms with E-state index < -0.39 is 11.6 Å². The highest BCUT2D eigenvalue weighted by atomic mass is 16.2. The fourth-order valence-electron chi connectivity index (χ4n) is 2.77. The summed E-state index contributed by atoms with van der Waals surface area (Å²) in [5.41, 5.74) is 2.73. The Balaban J connectivity index is 2.23. The fraction of sp³-hybridized carbons (Fsp3) is 0.250. The quantitative estimate of drug-likeness (QED) is 0.541. The molecule has 0 bridgehead atoms. The summed E-state index contributed by atoms with van der Waals surface area (Å²) < 4.78 is 1.74. The summed E-state index contributed by atoms with van der Waals surface area (Å²) in [7, 11) is 0. The van der Waals surface area contributed by atoms with Crippen LogP contribution < -0.4 is 0 Å². The smallest absolute Gasteiger partial charge is 0.252 e. The van der Waals surface area contributed by atoms with Crippen molar-refractivity contribution in [3.05, 3.63) is 71.2 Å². The predicted octanol–water partition coefficient (Wildman–Crippen LogP) is 4.01. The summed E-state index contributed by atoms with van der Waals surface area (Å²) >= 11 is 0. The first kappa shape index (κ1) is 16.1. The number of benzene rings is 1. The number of ketones is 2. The van der Waals surface area contributed by atoms with Gasteiger partial charge in [-0.3, -0.25) is 14.0 Å². The number of fused-ring (bicyclic) bond motifs is 1. The SMILES string of the molecule is Cc1cccn2c(C(=O)C(=O)c3ccccc3)c(C(C)(C)C)nc12. The number of Topliss-reactive ketones (excluding diaryl/α,β-unsaturated/α-hetero) is 2. The number of aromatic nitrogens is 2. The van der Waals surface area contributed by atoms with E-state index >= 15 is 0 Å². The van der Waals surface area contributed by atoms with Gasteiger partial charge in [-0.1, -0.05) is 57.2 Å². The maximum Gasteiger partial charge on any atom is 0.252 e. The van der Waals surface area contributed by atoms with Gasteiger partial charge in [-0.05, 0) is 18.6 Å². The average molecular weight is 320 g/mol. The van der Waals surface area contributed by atoms with Crippen LogP contribution in [-0.2, 0) is 5.41 Å². The van der Waals surface area contributed by atoms with Crippen molar-refractivity contribution in [2.75, 3.05) is 0 Å². The fourth-order valence-corrected chi connectivity index (χ4v) is 2.77. The Morgan fingerprint density at radius 3 is 2.25 bits per heavy atom. The Labute approximate surface area is 141 Å². The number of carbonyl (C=O) groups is 2. The predicted molar refractivity (Wildman–Crippen MR) is 93.7 cm³/mol. The molecule has 0 unspecified atom stereocenters. The van der Waals surface area contributed by atoms with Crippen molar-refractivity contribution in [1.29, 1.82) is 0 Å². The van der Waals surface area contributed by atoms with Crippen LogP contribution in [0.3, 0.4) is 0 Å². The standard InChI is InChI=1S/C20H20N2O2/c1-13-9-8-12-22-15(18(20(2,3)4)21-19(13)22)17(24)16(23)14-10-6-5-7-11-14/h5-12H,1-4H3. The number of nitrogens with zero attached hydrogens (tertiary/aromatic N) is 2. The number of rotatable bonds is 3. The summed E-state index contributed by atoms with van der Waals surface area (Å²) in [4.78, 5) is 30.3. The molecular weight excluding hydrogens is 300 g/mol. The Morgan fingerprint density at radius 2 is 1.62 bits per heavy atom. The molecule has 0 aliphatic rings. The van der Waals surface area contributed by atoms with E-state index in [-0.39, 0.29) is 5.41 Å². The van der Waals surface area contributed by atoms with E-state index in [1.54, 1.807) is 34.9 Å². The van der Waals surface area contributed by atoms with E-state index in [1.807, 2.05) is 45.9 Å². The minimum atomic E-state index is -0.524. The lowest BCUT2D eigenvalue weighted by Gasteiger charge is -2.17. The van der Waals surface area contributed by atoms with Gasteiger partial charge >= 0.3 is 0 Å². The van der Waals surface area contributed by atoms with Crippen LogP contribution in [-0.4, -0.2) is 21.0 Å². The van der Waals surface area contributed by atoms with Gasteiger partial charge in [-0.15, -0.1) is 0 Å².